The minimum atomic E-state index is -1.13. The fraction of sp³-hybridized carbons (Fsp3) is 0.385. The molecule has 17 heavy (non-hydrogen) atoms. The number of halogens is 3. The van der Waals surface area contributed by atoms with Crippen LogP contribution in [0.1, 0.15) is 30.5 Å². The number of hydrogen-bond acceptors (Lipinski definition) is 1. The van der Waals surface area contributed by atoms with Gasteiger partial charge in [0.25, 0.3) is 0 Å². The summed E-state index contributed by atoms with van der Waals surface area (Å²) in [6.07, 6.45) is 3.56. The van der Waals surface area contributed by atoms with E-state index in [9.17, 15) is 13.3 Å². The number of rotatable bonds is 3. The van der Waals surface area contributed by atoms with E-state index in [0.29, 0.717) is 17.5 Å². The van der Waals surface area contributed by atoms with E-state index in [1.165, 1.54) is 6.08 Å². The first-order valence-corrected chi connectivity index (χ1v) is 5.48. The molecule has 4 heteroatoms. The normalized spacial score (nSPS) is 11.2. The van der Waals surface area contributed by atoms with Gasteiger partial charge in [-0.05, 0) is 31.4 Å². The monoisotopic (exact) mass is 243 g/mol. The lowest BCUT2D eigenvalue weighted by atomic mass is 9.97. The lowest BCUT2D eigenvalue weighted by Crippen LogP contribution is -2.12. The summed E-state index contributed by atoms with van der Waals surface area (Å²) in [6.45, 7) is 5.17. The van der Waals surface area contributed by atoms with Crippen LogP contribution in [0, 0.1) is 18.6 Å². The summed E-state index contributed by atoms with van der Waals surface area (Å²) in [7, 11) is 1.06. The summed E-state index contributed by atoms with van der Waals surface area (Å²) in [5.74, 6) is -2.14. The molecule has 94 valence electrons. The molecule has 0 amide bonds. The van der Waals surface area contributed by atoms with Crippen LogP contribution < -0.4 is 5.12 Å². The van der Waals surface area contributed by atoms with Crippen molar-refractivity contribution in [3.63, 3.8) is 0 Å². The molecule has 1 nitrogen and oxygen atoms in total. The van der Waals surface area contributed by atoms with E-state index in [1.807, 2.05) is 0 Å². The van der Waals surface area contributed by atoms with Gasteiger partial charge in [0, 0.05) is 12.6 Å². The van der Waals surface area contributed by atoms with Gasteiger partial charge in [-0.15, -0.1) is 4.48 Å². The van der Waals surface area contributed by atoms with E-state index in [1.54, 1.807) is 26.8 Å². The Balaban J connectivity index is 3.68. The van der Waals surface area contributed by atoms with Gasteiger partial charge in [-0.3, -0.25) is 0 Å². The highest BCUT2D eigenvalue weighted by atomic mass is 19.2. The lowest BCUT2D eigenvalue weighted by Gasteiger charge is -2.18. The van der Waals surface area contributed by atoms with Crippen LogP contribution in [-0.2, 0) is 6.42 Å². The maximum atomic E-state index is 13.8. The summed E-state index contributed by atoms with van der Waals surface area (Å²) in [6, 6.07) is 0. The van der Waals surface area contributed by atoms with E-state index in [0.717, 1.165) is 7.05 Å². The molecule has 0 radical (unpaired) electrons. The predicted molar refractivity (Wildman–Crippen MR) is 64.7 cm³/mol. The van der Waals surface area contributed by atoms with Crippen molar-refractivity contribution in [3.8, 4) is 0 Å². The molecule has 0 aromatic heterocycles. The van der Waals surface area contributed by atoms with Crippen LogP contribution in [0.25, 0.3) is 6.08 Å². The Kier molecular flexibility index (Phi) is 4.21. The molecule has 0 saturated heterocycles. The Morgan fingerprint density at radius 1 is 1.24 bits per heavy atom. The van der Waals surface area contributed by atoms with E-state index >= 15 is 0 Å². The molecular formula is C13H16F3N. The van der Waals surface area contributed by atoms with Crippen molar-refractivity contribution >= 4 is 11.8 Å². The number of benzene rings is 1. The first-order valence-electron chi connectivity index (χ1n) is 5.48. The van der Waals surface area contributed by atoms with Gasteiger partial charge >= 0.3 is 0 Å². The summed E-state index contributed by atoms with van der Waals surface area (Å²) in [5, 5.41) is 0.129. The van der Waals surface area contributed by atoms with Crippen LogP contribution in [0.2, 0.25) is 0 Å². The van der Waals surface area contributed by atoms with Crippen molar-refractivity contribution in [2.75, 3.05) is 12.2 Å². The maximum Gasteiger partial charge on any atom is 0.185 e. The van der Waals surface area contributed by atoms with Crippen LogP contribution in [0.15, 0.2) is 6.08 Å². The van der Waals surface area contributed by atoms with Crippen LogP contribution in [0.5, 0.6) is 0 Å². The Labute approximate surface area is 99.5 Å². The molecule has 0 aliphatic heterocycles. The molecule has 0 fully saturated rings. The fourth-order valence-electron chi connectivity index (χ4n) is 1.98. The summed E-state index contributed by atoms with van der Waals surface area (Å²) in [5.41, 5.74) is 0.939. The number of anilines is 1. The molecule has 1 aromatic rings. The zero-order valence-electron chi connectivity index (χ0n) is 10.4. The molecule has 0 atom stereocenters. The number of allylic oxidation sites excluding steroid dienone is 1. The SMILES string of the molecule is CC=Cc1c(C)c(CC)c(N(C)F)c(F)c1F. The quantitative estimate of drug-likeness (QED) is 0.719. The molecule has 0 bridgehead atoms. The van der Waals surface area contributed by atoms with Crippen molar-refractivity contribution in [3.05, 3.63) is 34.4 Å². The van der Waals surface area contributed by atoms with Crippen LogP contribution in [0.4, 0.5) is 18.9 Å². The highest BCUT2D eigenvalue weighted by Crippen LogP contribution is 2.33. The van der Waals surface area contributed by atoms with Gasteiger partial charge in [-0.1, -0.05) is 19.1 Å². The van der Waals surface area contributed by atoms with Crippen molar-refractivity contribution in [2.45, 2.75) is 27.2 Å². The number of nitrogens with zero attached hydrogens (tertiary/aromatic N) is 1. The lowest BCUT2D eigenvalue weighted by molar-refractivity contribution is 0.443. The van der Waals surface area contributed by atoms with Crippen molar-refractivity contribution in [1.82, 2.24) is 0 Å². The molecule has 0 heterocycles. The summed E-state index contributed by atoms with van der Waals surface area (Å²) < 4.78 is 40.8. The molecule has 0 aliphatic rings. The largest absolute Gasteiger partial charge is 0.211 e. The van der Waals surface area contributed by atoms with Gasteiger partial charge in [0.05, 0.1) is 0 Å². The standard InChI is InChI=1S/C13H16F3N/c1-5-7-10-8(3)9(6-2)13(17(4)16)12(15)11(10)14/h5,7H,6H2,1-4H3. The second-order valence-corrected chi connectivity index (χ2v) is 3.82. The van der Waals surface area contributed by atoms with E-state index in [2.05, 4.69) is 0 Å². The smallest absolute Gasteiger partial charge is 0.185 e. The molecule has 0 unspecified atom stereocenters. The third-order valence-corrected chi connectivity index (χ3v) is 2.77. The average Bonchev–Trinajstić information content (AvgIpc) is 2.28. The Morgan fingerprint density at radius 2 is 1.82 bits per heavy atom. The van der Waals surface area contributed by atoms with Crippen LogP contribution >= 0.6 is 0 Å². The van der Waals surface area contributed by atoms with Crippen molar-refractivity contribution in [2.24, 2.45) is 0 Å². The summed E-state index contributed by atoms with van der Waals surface area (Å²) >= 11 is 0. The van der Waals surface area contributed by atoms with Gasteiger partial charge < -0.3 is 0 Å². The number of hydrogen-bond donors (Lipinski definition) is 0. The Hall–Kier alpha value is -1.45. The van der Waals surface area contributed by atoms with Gasteiger partial charge in [-0.2, -0.15) is 0 Å². The fourth-order valence-corrected chi connectivity index (χ4v) is 1.98. The zero-order chi connectivity index (χ0) is 13.2. The minimum absolute atomic E-state index is 0.129. The first-order chi connectivity index (χ1) is 7.95. The molecule has 1 rings (SSSR count). The van der Waals surface area contributed by atoms with E-state index < -0.39 is 11.6 Å². The highest BCUT2D eigenvalue weighted by molar-refractivity contribution is 5.65. The Morgan fingerprint density at radius 3 is 2.24 bits per heavy atom. The highest BCUT2D eigenvalue weighted by Gasteiger charge is 2.22. The minimum Gasteiger partial charge on any atom is -0.211 e. The molecule has 0 N–H and O–H groups in total. The summed E-state index contributed by atoms with van der Waals surface area (Å²) in [4.78, 5) is 0. The van der Waals surface area contributed by atoms with Crippen LogP contribution in [-0.4, -0.2) is 7.05 Å². The molecule has 0 spiro atoms. The zero-order valence-corrected chi connectivity index (χ0v) is 10.4. The second-order valence-electron chi connectivity index (χ2n) is 3.82. The molecule has 0 saturated carbocycles. The maximum absolute atomic E-state index is 13.8. The molecular weight excluding hydrogens is 227 g/mol. The van der Waals surface area contributed by atoms with E-state index in [-0.39, 0.29) is 16.4 Å². The van der Waals surface area contributed by atoms with Crippen molar-refractivity contribution < 1.29 is 13.3 Å². The van der Waals surface area contributed by atoms with E-state index in [4.69, 9.17) is 0 Å². The molecule has 1 aromatic carbocycles. The third kappa shape index (κ3) is 2.30. The van der Waals surface area contributed by atoms with Gasteiger partial charge in [-0.25, -0.2) is 13.9 Å². The van der Waals surface area contributed by atoms with Crippen LogP contribution in [0.3, 0.4) is 0 Å². The van der Waals surface area contributed by atoms with Gasteiger partial charge in [0.1, 0.15) is 5.69 Å². The predicted octanol–water partition coefficient (Wildman–Crippen LogP) is 4.19. The van der Waals surface area contributed by atoms with Crippen molar-refractivity contribution in [1.29, 1.82) is 0 Å². The average molecular weight is 243 g/mol. The molecule has 0 aliphatic carbocycles. The third-order valence-electron chi connectivity index (χ3n) is 2.77. The Bertz CT molecular complexity index is 451. The first kappa shape index (κ1) is 13.6. The van der Waals surface area contributed by atoms with Gasteiger partial charge in [0.15, 0.2) is 11.6 Å². The second kappa shape index (κ2) is 5.25. The topological polar surface area (TPSA) is 3.24 Å². The van der Waals surface area contributed by atoms with Gasteiger partial charge in [0.2, 0.25) is 0 Å².